The fourth-order valence-corrected chi connectivity index (χ4v) is 3.23. The topological polar surface area (TPSA) is 76.5 Å². The number of carbonyl (C=O) groups is 2. The third-order valence-electron chi connectivity index (χ3n) is 2.27. The number of hydrogen-bond donors (Lipinski definition) is 1. The average molecular weight is 309 g/mol. The highest BCUT2D eigenvalue weighted by Gasteiger charge is 2.15. The lowest BCUT2D eigenvalue weighted by molar-refractivity contribution is 0.0520. The van der Waals surface area contributed by atoms with Gasteiger partial charge in [-0.15, -0.1) is 11.3 Å². The highest BCUT2D eigenvalue weighted by atomic mass is 32.2. The number of carbonyl (C=O) groups excluding carboxylic acids is 1. The Bertz CT molecular complexity index is 639. The molecule has 2 rings (SSSR count). The second kappa shape index (κ2) is 6.53. The molecule has 2 heterocycles. The number of aromatic carboxylic acids is 1. The standard InChI is InChI=1S/C13H11NO4S2/c1-2-18-13(17)9-4-3-5-14-11(9)20-8-6-10(12(15)16)19-7-8/h3-7H,2H2,1H3,(H,15,16). The van der Waals surface area contributed by atoms with Gasteiger partial charge in [0, 0.05) is 16.5 Å². The van der Waals surface area contributed by atoms with Gasteiger partial charge in [-0.25, -0.2) is 14.6 Å². The Hall–Kier alpha value is -1.86. The first-order chi connectivity index (χ1) is 9.61. The van der Waals surface area contributed by atoms with Crippen LogP contribution >= 0.6 is 23.1 Å². The lowest BCUT2D eigenvalue weighted by Gasteiger charge is -2.06. The van der Waals surface area contributed by atoms with Crippen molar-refractivity contribution >= 4 is 35.0 Å². The van der Waals surface area contributed by atoms with Crippen LogP contribution in [0.15, 0.2) is 39.7 Å². The predicted molar refractivity (Wildman–Crippen MR) is 75.6 cm³/mol. The van der Waals surface area contributed by atoms with Crippen LogP contribution in [0, 0.1) is 0 Å². The second-order valence-electron chi connectivity index (χ2n) is 3.63. The van der Waals surface area contributed by atoms with E-state index >= 15 is 0 Å². The monoisotopic (exact) mass is 309 g/mol. The van der Waals surface area contributed by atoms with Gasteiger partial charge in [0.15, 0.2) is 0 Å². The molecule has 7 heteroatoms. The van der Waals surface area contributed by atoms with Crippen LogP contribution in [0.4, 0.5) is 0 Å². The minimum atomic E-state index is -0.964. The van der Waals surface area contributed by atoms with E-state index in [9.17, 15) is 9.59 Å². The van der Waals surface area contributed by atoms with Crippen molar-refractivity contribution in [1.82, 2.24) is 4.98 Å². The highest BCUT2D eigenvalue weighted by molar-refractivity contribution is 7.99. The molecule has 0 radical (unpaired) electrons. The zero-order valence-electron chi connectivity index (χ0n) is 10.5. The molecule has 5 nitrogen and oxygen atoms in total. The van der Waals surface area contributed by atoms with E-state index in [4.69, 9.17) is 9.84 Å². The maximum atomic E-state index is 11.8. The molecule has 2 aromatic rings. The Kier molecular flexibility index (Phi) is 4.75. The van der Waals surface area contributed by atoms with Gasteiger partial charge in [-0.2, -0.15) is 0 Å². The van der Waals surface area contributed by atoms with Crippen LogP contribution < -0.4 is 0 Å². The van der Waals surface area contributed by atoms with Gasteiger partial charge >= 0.3 is 11.9 Å². The van der Waals surface area contributed by atoms with E-state index in [1.54, 1.807) is 36.7 Å². The molecule has 1 N–H and O–H groups in total. The van der Waals surface area contributed by atoms with E-state index in [2.05, 4.69) is 4.98 Å². The van der Waals surface area contributed by atoms with E-state index in [0.29, 0.717) is 17.2 Å². The minimum Gasteiger partial charge on any atom is -0.477 e. The molecule has 0 aliphatic rings. The third kappa shape index (κ3) is 3.37. The van der Waals surface area contributed by atoms with Gasteiger partial charge in [0.05, 0.1) is 12.2 Å². The predicted octanol–water partition coefficient (Wildman–Crippen LogP) is 3.17. The molecule has 2 aromatic heterocycles. The number of carboxylic acid groups (broad SMARTS) is 1. The molecular weight excluding hydrogens is 298 g/mol. The summed E-state index contributed by atoms with van der Waals surface area (Å²) in [7, 11) is 0. The fourth-order valence-electron chi connectivity index (χ4n) is 1.43. The maximum absolute atomic E-state index is 11.8. The van der Waals surface area contributed by atoms with Crippen molar-refractivity contribution in [2.75, 3.05) is 6.61 Å². The van der Waals surface area contributed by atoms with Crippen LogP contribution in [0.3, 0.4) is 0 Å². The summed E-state index contributed by atoms with van der Waals surface area (Å²) in [4.78, 5) is 27.8. The molecule has 0 amide bonds. The molecular formula is C13H11NO4S2. The summed E-state index contributed by atoms with van der Waals surface area (Å²) in [5.74, 6) is -1.40. The van der Waals surface area contributed by atoms with Gasteiger partial charge in [-0.1, -0.05) is 11.8 Å². The van der Waals surface area contributed by atoms with Crippen LogP contribution in [0.25, 0.3) is 0 Å². The van der Waals surface area contributed by atoms with Gasteiger partial charge in [0.2, 0.25) is 0 Å². The summed E-state index contributed by atoms with van der Waals surface area (Å²) < 4.78 is 4.97. The molecule has 0 aliphatic carbocycles. The van der Waals surface area contributed by atoms with Gasteiger partial charge in [0.25, 0.3) is 0 Å². The molecule has 0 aliphatic heterocycles. The number of rotatable bonds is 5. The van der Waals surface area contributed by atoms with Gasteiger partial charge in [-0.3, -0.25) is 0 Å². The second-order valence-corrected chi connectivity index (χ2v) is 5.60. The number of hydrogen-bond acceptors (Lipinski definition) is 6. The molecule has 20 heavy (non-hydrogen) atoms. The number of ether oxygens (including phenoxy) is 1. The van der Waals surface area contributed by atoms with Gasteiger partial charge in [0.1, 0.15) is 9.90 Å². The SMILES string of the molecule is CCOC(=O)c1cccnc1Sc1csc(C(=O)O)c1. The molecule has 0 fully saturated rings. The van der Waals surface area contributed by atoms with E-state index in [1.807, 2.05) is 0 Å². The van der Waals surface area contributed by atoms with Crippen molar-refractivity contribution in [3.05, 3.63) is 40.2 Å². The molecule has 0 aromatic carbocycles. The highest BCUT2D eigenvalue weighted by Crippen LogP contribution is 2.32. The number of esters is 1. The first kappa shape index (κ1) is 14.5. The summed E-state index contributed by atoms with van der Waals surface area (Å²) >= 11 is 2.38. The smallest absolute Gasteiger partial charge is 0.345 e. The lowest BCUT2D eigenvalue weighted by atomic mass is 10.3. The normalized spacial score (nSPS) is 10.2. The van der Waals surface area contributed by atoms with Crippen molar-refractivity contribution in [3.63, 3.8) is 0 Å². The first-order valence-corrected chi connectivity index (χ1v) is 7.43. The van der Waals surface area contributed by atoms with Crippen molar-refractivity contribution in [2.24, 2.45) is 0 Å². The Morgan fingerprint density at radius 2 is 2.30 bits per heavy atom. The van der Waals surface area contributed by atoms with Gasteiger partial charge in [-0.05, 0) is 25.1 Å². The fraction of sp³-hybridized carbons (Fsp3) is 0.154. The Morgan fingerprint density at radius 3 is 2.95 bits per heavy atom. The zero-order valence-corrected chi connectivity index (χ0v) is 12.2. The summed E-state index contributed by atoms with van der Waals surface area (Å²) in [6, 6.07) is 4.85. The van der Waals surface area contributed by atoms with Gasteiger partial charge < -0.3 is 9.84 Å². The molecule has 0 saturated carbocycles. The van der Waals surface area contributed by atoms with Crippen LogP contribution in [0.5, 0.6) is 0 Å². The molecule has 0 atom stereocenters. The molecule has 104 valence electrons. The maximum Gasteiger partial charge on any atom is 0.345 e. The molecule has 0 bridgehead atoms. The Labute approximate surface area is 123 Å². The van der Waals surface area contributed by atoms with E-state index in [0.717, 1.165) is 16.2 Å². The van der Waals surface area contributed by atoms with E-state index in [-0.39, 0.29) is 4.88 Å². The van der Waals surface area contributed by atoms with Crippen LogP contribution in [-0.2, 0) is 4.74 Å². The summed E-state index contributed by atoms with van der Waals surface area (Å²) in [5, 5.41) is 11.1. The van der Waals surface area contributed by atoms with Crippen molar-refractivity contribution in [1.29, 1.82) is 0 Å². The number of pyridine rings is 1. The van der Waals surface area contributed by atoms with E-state index in [1.165, 1.54) is 11.8 Å². The number of aromatic nitrogens is 1. The molecule has 0 unspecified atom stereocenters. The third-order valence-corrected chi connectivity index (χ3v) is 4.32. The lowest BCUT2D eigenvalue weighted by Crippen LogP contribution is -2.06. The quantitative estimate of drug-likeness (QED) is 0.855. The molecule has 0 saturated heterocycles. The van der Waals surface area contributed by atoms with Crippen LogP contribution in [-0.4, -0.2) is 28.6 Å². The van der Waals surface area contributed by atoms with Crippen molar-refractivity contribution < 1.29 is 19.4 Å². The number of thiophene rings is 1. The number of carboxylic acids is 1. The average Bonchev–Trinajstić information content (AvgIpc) is 2.88. The Balaban J connectivity index is 2.24. The summed E-state index contributed by atoms with van der Waals surface area (Å²) in [6.45, 7) is 2.03. The van der Waals surface area contributed by atoms with E-state index < -0.39 is 11.9 Å². The Morgan fingerprint density at radius 1 is 1.50 bits per heavy atom. The summed E-state index contributed by atoms with van der Waals surface area (Å²) in [6.07, 6.45) is 1.58. The minimum absolute atomic E-state index is 0.251. The van der Waals surface area contributed by atoms with Crippen molar-refractivity contribution in [3.8, 4) is 0 Å². The number of nitrogens with zero attached hydrogens (tertiary/aromatic N) is 1. The first-order valence-electron chi connectivity index (χ1n) is 5.73. The summed E-state index contributed by atoms with van der Waals surface area (Å²) in [5.41, 5.74) is 0.377. The van der Waals surface area contributed by atoms with Crippen LogP contribution in [0.2, 0.25) is 0 Å². The van der Waals surface area contributed by atoms with Crippen molar-refractivity contribution in [2.45, 2.75) is 16.8 Å². The zero-order chi connectivity index (χ0) is 14.5. The largest absolute Gasteiger partial charge is 0.477 e. The van der Waals surface area contributed by atoms with Crippen LogP contribution in [0.1, 0.15) is 27.0 Å². The molecule has 0 spiro atoms.